The predicted molar refractivity (Wildman–Crippen MR) is 87.2 cm³/mol. The normalized spacial score (nSPS) is 10.1. The standard InChI is InChI=1S/C16H16ClNO5/c1-21-12-6-4-5-11(19)15(12)16(20)18-10-8-13(22-2)9(17)7-14(10)23-3/h4-8,19H,1-3H3,(H,18,20). The van der Waals surface area contributed by atoms with E-state index in [0.29, 0.717) is 22.2 Å². The number of hydrogen-bond acceptors (Lipinski definition) is 5. The van der Waals surface area contributed by atoms with Crippen LogP contribution in [-0.4, -0.2) is 32.3 Å². The van der Waals surface area contributed by atoms with Crippen molar-refractivity contribution in [2.24, 2.45) is 0 Å². The Hall–Kier alpha value is -2.60. The van der Waals surface area contributed by atoms with Crippen LogP contribution in [0.5, 0.6) is 23.0 Å². The van der Waals surface area contributed by atoms with Gasteiger partial charge in [0.25, 0.3) is 5.91 Å². The second kappa shape index (κ2) is 7.11. The molecule has 0 aromatic heterocycles. The third kappa shape index (κ3) is 3.43. The van der Waals surface area contributed by atoms with Crippen LogP contribution in [0.25, 0.3) is 0 Å². The minimum atomic E-state index is -0.553. The van der Waals surface area contributed by atoms with Crippen LogP contribution < -0.4 is 19.5 Å². The van der Waals surface area contributed by atoms with Crippen LogP contribution in [-0.2, 0) is 0 Å². The zero-order valence-corrected chi connectivity index (χ0v) is 13.6. The van der Waals surface area contributed by atoms with E-state index in [9.17, 15) is 9.90 Å². The highest BCUT2D eigenvalue weighted by molar-refractivity contribution is 6.32. The zero-order chi connectivity index (χ0) is 17.0. The van der Waals surface area contributed by atoms with Crippen molar-refractivity contribution >= 4 is 23.2 Å². The molecule has 0 radical (unpaired) electrons. The van der Waals surface area contributed by atoms with Gasteiger partial charge in [0.1, 0.15) is 28.6 Å². The summed E-state index contributed by atoms with van der Waals surface area (Å²) in [6.07, 6.45) is 0. The molecule has 0 aliphatic carbocycles. The molecule has 2 N–H and O–H groups in total. The fraction of sp³-hybridized carbons (Fsp3) is 0.188. The fourth-order valence-corrected chi connectivity index (χ4v) is 2.29. The number of ether oxygens (including phenoxy) is 3. The first-order chi connectivity index (χ1) is 11.0. The Kier molecular flexibility index (Phi) is 5.18. The van der Waals surface area contributed by atoms with Gasteiger partial charge in [-0.25, -0.2) is 0 Å². The number of phenolic OH excluding ortho intramolecular Hbond substituents is 1. The molecule has 2 aromatic carbocycles. The number of anilines is 1. The Morgan fingerprint density at radius 3 is 2.30 bits per heavy atom. The minimum Gasteiger partial charge on any atom is -0.507 e. The molecule has 2 rings (SSSR count). The highest BCUT2D eigenvalue weighted by atomic mass is 35.5. The van der Waals surface area contributed by atoms with E-state index < -0.39 is 5.91 Å². The number of carbonyl (C=O) groups excluding carboxylic acids is 1. The van der Waals surface area contributed by atoms with E-state index in [2.05, 4.69) is 5.32 Å². The summed E-state index contributed by atoms with van der Waals surface area (Å²) < 4.78 is 15.4. The van der Waals surface area contributed by atoms with Gasteiger partial charge in [-0.15, -0.1) is 0 Å². The lowest BCUT2D eigenvalue weighted by molar-refractivity contribution is 0.102. The molecule has 2 aromatic rings. The van der Waals surface area contributed by atoms with Crippen molar-refractivity contribution in [2.75, 3.05) is 26.6 Å². The Labute approximate surface area is 138 Å². The summed E-state index contributed by atoms with van der Waals surface area (Å²) >= 11 is 6.03. The molecule has 0 unspecified atom stereocenters. The minimum absolute atomic E-state index is 0.0194. The third-order valence-corrected chi connectivity index (χ3v) is 3.47. The summed E-state index contributed by atoms with van der Waals surface area (Å²) in [5, 5.41) is 12.9. The molecule has 0 atom stereocenters. The molecule has 0 saturated heterocycles. The van der Waals surface area contributed by atoms with Gasteiger partial charge in [0.15, 0.2) is 0 Å². The van der Waals surface area contributed by atoms with Gasteiger partial charge in [0.05, 0.1) is 32.0 Å². The molecular weight excluding hydrogens is 322 g/mol. The maximum Gasteiger partial charge on any atom is 0.263 e. The molecule has 0 fully saturated rings. The van der Waals surface area contributed by atoms with Crippen molar-refractivity contribution in [1.82, 2.24) is 0 Å². The summed E-state index contributed by atoms with van der Waals surface area (Å²) in [4.78, 5) is 12.5. The maximum absolute atomic E-state index is 12.5. The number of aromatic hydroxyl groups is 1. The van der Waals surface area contributed by atoms with Gasteiger partial charge in [0, 0.05) is 12.1 Å². The number of hydrogen-bond donors (Lipinski definition) is 2. The third-order valence-electron chi connectivity index (χ3n) is 3.17. The monoisotopic (exact) mass is 337 g/mol. The van der Waals surface area contributed by atoms with Gasteiger partial charge in [-0.3, -0.25) is 4.79 Å². The van der Waals surface area contributed by atoms with Crippen LogP contribution in [0.1, 0.15) is 10.4 Å². The summed E-state index contributed by atoms with van der Waals surface area (Å²) in [6, 6.07) is 7.62. The number of benzene rings is 2. The zero-order valence-electron chi connectivity index (χ0n) is 12.8. The van der Waals surface area contributed by atoms with Crippen molar-refractivity contribution in [1.29, 1.82) is 0 Å². The molecule has 0 saturated carbocycles. The lowest BCUT2D eigenvalue weighted by Crippen LogP contribution is -2.14. The lowest BCUT2D eigenvalue weighted by Gasteiger charge is -2.14. The number of carbonyl (C=O) groups is 1. The molecule has 0 heterocycles. The number of phenols is 1. The van der Waals surface area contributed by atoms with Crippen LogP contribution in [0.15, 0.2) is 30.3 Å². The molecular formula is C16H16ClNO5. The quantitative estimate of drug-likeness (QED) is 0.875. The molecule has 122 valence electrons. The molecule has 0 aliphatic heterocycles. The van der Waals surface area contributed by atoms with Crippen LogP contribution in [0, 0.1) is 0 Å². The largest absolute Gasteiger partial charge is 0.507 e. The Balaban J connectivity index is 2.41. The summed E-state index contributed by atoms with van der Waals surface area (Å²) in [6.45, 7) is 0. The van der Waals surface area contributed by atoms with E-state index >= 15 is 0 Å². The van der Waals surface area contributed by atoms with E-state index in [1.165, 1.54) is 39.5 Å². The number of nitrogens with one attached hydrogen (secondary N) is 1. The van der Waals surface area contributed by atoms with Gasteiger partial charge in [-0.1, -0.05) is 17.7 Å². The van der Waals surface area contributed by atoms with Crippen molar-refractivity contribution in [3.8, 4) is 23.0 Å². The molecule has 1 amide bonds. The van der Waals surface area contributed by atoms with Gasteiger partial charge in [-0.2, -0.15) is 0 Å². The van der Waals surface area contributed by atoms with Crippen molar-refractivity contribution < 1.29 is 24.1 Å². The first kappa shape index (κ1) is 16.8. The molecule has 0 spiro atoms. The van der Waals surface area contributed by atoms with Crippen molar-refractivity contribution in [2.45, 2.75) is 0 Å². The Morgan fingerprint density at radius 2 is 1.70 bits per heavy atom. The topological polar surface area (TPSA) is 77.0 Å². The first-order valence-electron chi connectivity index (χ1n) is 6.60. The van der Waals surface area contributed by atoms with E-state index in [-0.39, 0.29) is 17.1 Å². The Bertz CT molecular complexity index is 733. The van der Waals surface area contributed by atoms with E-state index in [1.54, 1.807) is 12.1 Å². The highest BCUT2D eigenvalue weighted by Crippen LogP contribution is 2.37. The van der Waals surface area contributed by atoms with Gasteiger partial charge >= 0.3 is 0 Å². The van der Waals surface area contributed by atoms with Gasteiger partial charge < -0.3 is 24.6 Å². The average Bonchev–Trinajstić information content (AvgIpc) is 2.55. The second-order valence-corrected chi connectivity index (χ2v) is 4.90. The lowest BCUT2D eigenvalue weighted by atomic mass is 10.1. The van der Waals surface area contributed by atoms with E-state index in [4.69, 9.17) is 25.8 Å². The molecule has 23 heavy (non-hydrogen) atoms. The predicted octanol–water partition coefficient (Wildman–Crippen LogP) is 3.32. The van der Waals surface area contributed by atoms with Crippen LogP contribution in [0.4, 0.5) is 5.69 Å². The van der Waals surface area contributed by atoms with Gasteiger partial charge in [0.2, 0.25) is 0 Å². The first-order valence-corrected chi connectivity index (χ1v) is 6.98. The molecule has 0 bridgehead atoms. The average molecular weight is 338 g/mol. The molecule has 6 nitrogen and oxygen atoms in total. The number of methoxy groups -OCH3 is 3. The van der Waals surface area contributed by atoms with Crippen molar-refractivity contribution in [3.63, 3.8) is 0 Å². The van der Waals surface area contributed by atoms with E-state index in [1.807, 2.05) is 0 Å². The summed E-state index contributed by atoms with van der Waals surface area (Å²) in [5.74, 6) is 0.248. The molecule has 7 heteroatoms. The number of rotatable bonds is 5. The van der Waals surface area contributed by atoms with Crippen molar-refractivity contribution in [3.05, 3.63) is 40.9 Å². The highest BCUT2D eigenvalue weighted by Gasteiger charge is 2.19. The smallest absolute Gasteiger partial charge is 0.263 e. The summed E-state index contributed by atoms with van der Waals surface area (Å²) in [7, 11) is 4.33. The molecule has 0 aliphatic rings. The second-order valence-electron chi connectivity index (χ2n) is 4.50. The van der Waals surface area contributed by atoms with Crippen LogP contribution in [0.3, 0.4) is 0 Å². The van der Waals surface area contributed by atoms with Crippen LogP contribution in [0.2, 0.25) is 5.02 Å². The summed E-state index contributed by atoms with van der Waals surface area (Å²) in [5.41, 5.74) is 0.370. The maximum atomic E-state index is 12.5. The SMILES string of the molecule is COc1cc(NC(=O)c2c(O)cccc2OC)c(OC)cc1Cl. The van der Waals surface area contributed by atoms with E-state index in [0.717, 1.165) is 0 Å². The Morgan fingerprint density at radius 1 is 1.04 bits per heavy atom. The number of halogens is 1. The fourth-order valence-electron chi connectivity index (χ4n) is 2.06. The number of amides is 1. The van der Waals surface area contributed by atoms with Gasteiger partial charge in [-0.05, 0) is 12.1 Å². The van der Waals surface area contributed by atoms with Crippen LogP contribution >= 0.6 is 11.6 Å².